The first-order valence-electron chi connectivity index (χ1n) is 7.85. The maximum atomic E-state index is 12.1. The van der Waals surface area contributed by atoms with Crippen molar-refractivity contribution in [1.29, 1.82) is 0 Å². The zero-order valence-corrected chi connectivity index (χ0v) is 14.3. The summed E-state index contributed by atoms with van der Waals surface area (Å²) in [6, 6.07) is 5.44. The van der Waals surface area contributed by atoms with Crippen LogP contribution < -0.4 is 5.32 Å². The molecule has 128 valence electrons. The average molecular weight is 348 g/mol. The summed E-state index contributed by atoms with van der Waals surface area (Å²) in [5, 5.41) is 8.38. The Bertz CT molecular complexity index is 690. The Balaban J connectivity index is 1.40. The summed E-state index contributed by atoms with van der Waals surface area (Å²) in [7, 11) is 0. The van der Waals surface area contributed by atoms with Crippen molar-refractivity contribution in [1.82, 2.24) is 15.0 Å². The van der Waals surface area contributed by atoms with Gasteiger partial charge in [-0.15, -0.1) is 11.3 Å². The van der Waals surface area contributed by atoms with Gasteiger partial charge in [-0.25, -0.2) is 0 Å². The van der Waals surface area contributed by atoms with Gasteiger partial charge in [0, 0.05) is 32.2 Å². The minimum Gasteiger partial charge on any atom is -0.360 e. The SMILES string of the molecule is Cc1cc(NC(=O)CN2CCN(CC(=O)c3cccs3)CC2)no1. The first-order valence-corrected chi connectivity index (χ1v) is 8.73. The van der Waals surface area contributed by atoms with Gasteiger partial charge in [0.1, 0.15) is 5.76 Å². The lowest BCUT2D eigenvalue weighted by Crippen LogP contribution is -2.49. The predicted molar refractivity (Wildman–Crippen MR) is 91.4 cm³/mol. The van der Waals surface area contributed by atoms with E-state index in [2.05, 4.69) is 20.3 Å². The van der Waals surface area contributed by atoms with Gasteiger partial charge in [0.25, 0.3) is 0 Å². The molecule has 24 heavy (non-hydrogen) atoms. The second-order valence-corrected chi connectivity index (χ2v) is 6.77. The quantitative estimate of drug-likeness (QED) is 0.797. The van der Waals surface area contributed by atoms with Crippen LogP contribution in [0.4, 0.5) is 5.82 Å². The highest BCUT2D eigenvalue weighted by molar-refractivity contribution is 7.12. The molecule has 2 aromatic rings. The third kappa shape index (κ3) is 4.50. The normalized spacial score (nSPS) is 16.2. The summed E-state index contributed by atoms with van der Waals surface area (Å²) in [5.74, 6) is 1.16. The first-order chi connectivity index (χ1) is 11.6. The lowest BCUT2D eigenvalue weighted by Gasteiger charge is -2.33. The molecule has 7 nitrogen and oxygen atoms in total. The van der Waals surface area contributed by atoms with Crippen LogP contribution in [0.5, 0.6) is 0 Å². The molecule has 1 aliphatic rings. The Kier molecular flexibility index (Phi) is 5.39. The lowest BCUT2D eigenvalue weighted by atomic mass is 10.2. The van der Waals surface area contributed by atoms with Crippen LogP contribution in [0.1, 0.15) is 15.4 Å². The molecule has 3 heterocycles. The summed E-state index contributed by atoms with van der Waals surface area (Å²) >= 11 is 1.48. The van der Waals surface area contributed by atoms with Crippen LogP contribution in [-0.2, 0) is 4.79 Å². The van der Waals surface area contributed by atoms with E-state index in [0.29, 0.717) is 24.7 Å². The minimum atomic E-state index is -0.105. The number of ketones is 1. The molecule has 1 amide bonds. The van der Waals surface area contributed by atoms with E-state index in [1.807, 2.05) is 17.5 Å². The fourth-order valence-corrected chi connectivity index (χ4v) is 3.29. The fraction of sp³-hybridized carbons (Fsp3) is 0.438. The topological polar surface area (TPSA) is 78.7 Å². The van der Waals surface area contributed by atoms with E-state index in [0.717, 1.165) is 31.1 Å². The summed E-state index contributed by atoms with van der Waals surface area (Å²) in [4.78, 5) is 29.1. The number of nitrogens with one attached hydrogen (secondary N) is 1. The number of carbonyl (C=O) groups excluding carboxylic acids is 2. The van der Waals surface area contributed by atoms with Gasteiger partial charge in [-0.2, -0.15) is 0 Å². The number of carbonyl (C=O) groups is 2. The van der Waals surface area contributed by atoms with Gasteiger partial charge >= 0.3 is 0 Å². The third-order valence-electron chi connectivity index (χ3n) is 3.89. The smallest absolute Gasteiger partial charge is 0.239 e. The Morgan fingerprint density at radius 2 is 1.96 bits per heavy atom. The van der Waals surface area contributed by atoms with Crippen molar-refractivity contribution in [2.75, 3.05) is 44.6 Å². The summed E-state index contributed by atoms with van der Waals surface area (Å²) in [5.41, 5.74) is 0. The second kappa shape index (κ2) is 7.69. The van der Waals surface area contributed by atoms with Crippen LogP contribution in [0.25, 0.3) is 0 Å². The van der Waals surface area contributed by atoms with Gasteiger partial charge in [-0.05, 0) is 18.4 Å². The Morgan fingerprint density at radius 1 is 1.25 bits per heavy atom. The number of anilines is 1. The molecule has 0 aliphatic carbocycles. The zero-order chi connectivity index (χ0) is 16.9. The number of aryl methyl sites for hydroxylation is 1. The molecule has 0 aromatic carbocycles. The van der Waals surface area contributed by atoms with Crippen LogP contribution in [0.3, 0.4) is 0 Å². The maximum absolute atomic E-state index is 12.1. The van der Waals surface area contributed by atoms with Gasteiger partial charge in [0.15, 0.2) is 11.6 Å². The van der Waals surface area contributed by atoms with Crippen molar-refractivity contribution in [3.05, 3.63) is 34.2 Å². The molecule has 0 saturated carbocycles. The Morgan fingerprint density at radius 3 is 2.54 bits per heavy atom. The van der Waals surface area contributed by atoms with Crippen molar-refractivity contribution >= 4 is 28.8 Å². The molecule has 0 spiro atoms. The van der Waals surface area contributed by atoms with Crippen LogP contribution in [0.2, 0.25) is 0 Å². The van der Waals surface area contributed by atoms with E-state index in [-0.39, 0.29) is 11.7 Å². The fourth-order valence-electron chi connectivity index (χ4n) is 2.63. The van der Waals surface area contributed by atoms with Crippen LogP contribution in [-0.4, -0.2) is 65.9 Å². The number of aromatic nitrogens is 1. The van der Waals surface area contributed by atoms with Crippen molar-refractivity contribution in [3.63, 3.8) is 0 Å². The molecule has 0 bridgehead atoms. The van der Waals surface area contributed by atoms with Crippen molar-refractivity contribution < 1.29 is 14.1 Å². The van der Waals surface area contributed by atoms with Crippen molar-refractivity contribution in [2.24, 2.45) is 0 Å². The van der Waals surface area contributed by atoms with Gasteiger partial charge in [-0.3, -0.25) is 19.4 Å². The van der Waals surface area contributed by atoms with E-state index in [9.17, 15) is 9.59 Å². The summed E-state index contributed by atoms with van der Waals surface area (Å²) in [6.45, 7) is 5.64. The molecule has 2 aromatic heterocycles. The molecule has 1 saturated heterocycles. The largest absolute Gasteiger partial charge is 0.360 e. The minimum absolute atomic E-state index is 0.105. The van der Waals surface area contributed by atoms with Gasteiger partial charge in [0.05, 0.1) is 18.0 Å². The lowest BCUT2D eigenvalue weighted by molar-refractivity contribution is -0.117. The highest BCUT2D eigenvalue weighted by Gasteiger charge is 2.21. The second-order valence-electron chi connectivity index (χ2n) is 5.82. The number of hydrogen-bond donors (Lipinski definition) is 1. The number of thiophene rings is 1. The summed E-state index contributed by atoms with van der Waals surface area (Å²) < 4.78 is 4.92. The van der Waals surface area contributed by atoms with Crippen molar-refractivity contribution in [2.45, 2.75) is 6.92 Å². The number of nitrogens with zero attached hydrogens (tertiary/aromatic N) is 3. The number of piperazine rings is 1. The molecule has 3 rings (SSSR count). The maximum Gasteiger partial charge on any atom is 0.239 e. The number of Topliss-reactive ketones (excluding diaryl/α,β-unsaturated/α-hetero) is 1. The molecule has 0 atom stereocenters. The first kappa shape index (κ1) is 16.8. The molecule has 8 heteroatoms. The van der Waals surface area contributed by atoms with E-state index in [1.165, 1.54) is 11.3 Å². The Hall–Kier alpha value is -2.03. The summed E-state index contributed by atoms with van der Waals surface area (Å²) in [6.07, 6.45) is 0. The monoisotopic (exact) mass is 348 g/mol. The average Bonchev–Trinajstić information content (AvgIpc) is 3.21. The molecule has 0 radical (unpaired) electrons. The van der Waals surface area contributed by atoms with E-state index in [1.54, 1.807) is 13.0 Å². The van der Waals surface area contributed by atoms with Gasteiger partial charge < -0.3 is 9.84 Å². The molecular weight excluding hydrogens is 328 g/mol. The van der Waals surface area contributed by atoms with E-state index < -0.39 is 0 Å². The van der Waals surface area contributed by atoms with E-state index in [4.69, 9.17) is 4.52 Å². The number of rotatable bonds is 6. The highest BCUT2D eigenvalue weighted by Crippen LogP contribution is 2.11. The highest BCUT2D eigenvalue weighted by atomic mass is 32.1. The van der Waals surface area contributed by atoms with Crippen LogP contribution >= 0.6 is 11.3 Å². The van der Waals surface area contributed by atoms with Crippen LogP contribution in [0, 0.1) is 6.92 Å². The van der Waals surface area contributed by atoms with E-state index >= 15 is 0 Å². The predicted octanol–water partition coefficient (Wildman–Crippen LogP) is 1.48. The standard InChI is InChI=1S/C16H20N4O3S/c1-12-9-15(18-23-12)17-16(22)11-20-6-4-19(5-7-20)10-13(21)14-3-2-8-24-14/h2-3,8-9H,4-7,10-11H2,1H3,(H,17,18,22). The molecular formula is C16H20N4O3S. The van der Waals surface area contributed by atoms with Gasteiger partial charge in [-0.1, -0.05) is 11.2 Å². The third-order valence-corrected chi connectivity index (χ3v) is 4.80. The molecule has 1 N–H and O–H groups in total. The molecule has 0 unspecified atom stereocenters. The molecule has 1 aliphatic heterocycles. The van der Waals surface area contributed by atoms with Gasteiger partial charge in [0.2, 0.25) is 5.91 Å². The van der Waals surface area contributed by atoms with Crippen molar-refractivity contribution in [3.8, 4) is 0 Å². The number of amides is 1. The Labute approximate surface area is 144 Å². The number of hydrogen-bond acceptors (Lipinski definition) is 7. The molecule has 1 fully saturated rings. The zero-order valence-electron chi connectivity index (χ0n) is 13.5. The van der Waals surface area contributed by atoms with Crippen LogP contribution in [0.15, 0.2) is 28.1 Å².